The molecule has 7 rings (SSSR count). The molecule has 9 atom stereocenters. The summed E-state index contributed by atoms with van der Waals surface area (Å²) in [4.78, 5) is 16.4. The van der Waals surface area contributed by atoms with Crippen molar-refractivity contribution in [1.82, 2.24) is 4.90 Å². The largest absolute Gasteiger partial charge is 0.299 e. The molecule has 132 valence electrons. The Labute approximate surface area is 146 Å². The number of carbonyl (C=O) groups excluding carboxylic acids is 1. The standard InChI is InChI=1S/C22H33NO/c1-4-23-12-20(3)7-5-8-22-16(20)11-15(18(22)23)21-9-6-14(10-17(21)22)13(2)19(21)24/h13-18H,4-12H2,1-3H3. The molecule has 6 saturated carbocycles. The summed E-state index contributed by atoms with van der Waals surface area (Å²) in [5, 5.41) is 0. The third-order valence-electron chi connectivity index (χ3n) is 10.6. The fraction of sp³-hybridized carbons (Fsp3) is 0.955. The van der Waals surface area contributed by atoms with Gasteiger partial charge in [-0.3, -0.25) is 9.69 Å². The van der Waals surface area contributed by atoms with Gasteiger partial charge in [0.1, 0.15) is 5.78 Å². The van der Waals surface area contributed by atoms with Crippen LogP contribution in [0.25, 0.3) is 0 Å². The zero-order valence-electron chi connectivity index (χ0n) is 15.7. The average Bonchev–Trinajstić information content (AvgIpc) is 2.99. The Morgan fingerprint density at radius 3 is 2.79 bits per heavy atom. The summed E-state index contributed by atoms with van der Waals surface area (Å²) in [5.74, 6) is 4.15. The molecule has 6 aliphatic carbocycles. The van der Waals surface area contributed by atoms with Crippen molar-refractivity contribution >= 4 is 5.78 Å². The van der Waals surface area contributed by atoms with Gasteiger partial charge in [-0.1, -0.05) is 27.2 Å². The van der Waals surface area contributed by atoms with Crippen molar-refractivity contribution in [2.45, 2.75) is 71.8 Å². The van der Waals surface area contributed by atoms with Crippen LogP contribution in [0, 0.1) is 45.8 Å². The van der Waals surface area contributed by atoms with Crippen LogP contribution < -0.4 is 0 Å². The highest BCUT2D eigenvalue weighted by atomic mass is 16.1. The van der Waals surface area contributed by atoms with Crippen molar-refractivity contribution < 1.29 is 4.79 Å². The molecule has 9 unspecified atom stereocenters. The Bertz CT molecular complexity index is 629. The lowest BCUT2D eigenvalue weighted by Crippen LogP contribution is -2.65. The van der Waals surface area contributed by atoms with Crippen LogP contribution in [0.15, 0.2) is 0 Å². The van der Waals surface area contributed by atoms with Crippen molar-refractivity contribution in [3.63, 3.8) is 0 Å². The molecule has 7 aliphatic rings. The van der Waals surface area contributed by atoms with Crippen LogP contribution in [0.4, 0.5) is 0 Å². The molecular formula is C22H33NO. The van der Waals surface area contributed by atoms with E-state index in [1.807, 2.05) is 0 Å². The molecule has 1 aliphatic heterocycles. The first-order valence-electron chi connectivity index (χ1n) is 10.8. The number of hydrogen-bond donors (Lipinski definition) is 0. The van der Waals surface area contributed by atoms with Gasteiger partial charge in [0.2, 0.25) is 0 Å². The van der Waals surface area contributed by atoms with E-state index in [1.54, 1.807) is 0 Å². The maximum atomic E-state index is 13.6. The number of piperidine rings is 1. The van der Waals surface area contributed by atoms with Gasteiger partial charge in [-0.25, -0.2) is 0 Å². The zero-order chi connectivity index (χ0) is 16.5. The summed E-state index contributed by atoms with van der Waals surface area (Å²) in [7, 11) is 0. The van der Waals surface area contributed by atoms with Gasteiger partial charge in [-0.15, -0.1) is 0 Å². The first-order valence-corrected chi connectivity index (χ1v) is 10.8. The SMILES string of the molecule is CCN1CC2(C)CCCC34C1C(CC23)C12CCC(CC14)C(C)C2=O. The molecule has 1 heterocycles. The second kappa shape index (κ2) is 4.13. The zero-order valence-corrected chi connectivity index (χ0v) is 15.7. The molecule has 7 bridgehead atoms. The summed E-state index contributed by atoms with van der Waals surface area (Å²) in [6.07, 6.45) is 9.66. The van der Waals surface area contributed by atoms with E-state index in [2.05, 4.69) is 25.7 Å². The summed E-state index contributed by atoms with van der Waals surface area (Å²) >= 11 is 0. The Morgan fingerprint density at radius 2 is 2.00 bits per heavy atom. The average molecular weight is 328 g/mol. The van der Waals surface area contributed by atoms with Gasteiger partial charge in [0, 0.05) is 23.9 Å². The van der Waals surface area contributed by atoms with Gasteiger partial charge in [0.25, 0.3) is 0 Å². The van der Waals surface area contributed by atoms with Crippen molar-refractivity contribution in [3.8, 4) is 0 Å². The predicted molar refractivity (Wildman–Crippen MR) is 94.5 cm³/mol. The number of nitrogens with zero attached hydrogens (tertiary/aromatic N) is 1. The van der Waals surface area contributed by atoms with Crippen LogP contribution in [0.1, 0.15) is 65.7 Å². The summed E-state index contributed by atoms with van der Waals surface area (Å²) in [6.45, 7) is 9.75. The second-order valence-electron chi connectivity index (χ2n) is 10.8. The van der Waals surface area contributed by atoms with E-state index in [0.29, 0.717) is 34.4 Å². The first kappa shape index (κ1) is 14.8. The molecule has 1 saturated heterocycles. The normalized spacial score (nSPS) is 63.7. The van der Waals surface area contributed by atoms with Gasteiger partial charge in [0.15, 0.2) is 0 Å². The Kier molecular flexibility index (Phi) is 2.54. The molecule has 0 aromatic rings. The van der Waals surface area contributed by atoms with E-state index in [0.717, 1.165) is 17.9 Å². The van der Waals surface area contributed by atoms with Crippen LogP contribution in [0.2, 0.25) is 0 Å². The first-order chi connectivity index (χ1) is 11.5. The highest BCUT2D eigenvalue weighted by molar-refractivity contribution is 5.90. The molecule has 0 radical (unpaired) electrons. The van der Waals surface area contributed by atoms with E-state index < -0.39 is 0 Å². The fourth-order valence-corrected chi connectivity index (χ4v) is 10.1. The molecule has 2 spiro atoms. The second-order valence-corrected chi connectivity index (χ2v) is 10.8. The van der Waals surface area contributed by atoms with Crippen LogP contribution in [0.5, 0.6) is 0 Å². The molecule has 24 heavy (non-hydrogen) atoms. The minimum atomic E-state index is 0.103. The molecule has 0 aromatic carbocycles. The molecular weight excluding hydrogens is 294 g/mol. The number of Topliss-reactive ketones (excluding diaryl/α,β-unsaturated/α-hetero) is 1. The molecule has 0 amide bonds. The fourth-order valence-electron chi connectivity index (χ4n) is 10.1. The van der Waals surface area contributed by atoms with E-state index in [1.165, 1.54) is 58.0 Å². The molecule has 0 aromatic heterocycles. The minimum absolute atomic E-state index is 0.103. The van der Waals surface area contributed by atoms with Crippen molar-refractivity contribution in [2.75, 3.05) is 13.1 Å². The van der Waals surface area contributed by atoms with Gasteiger partial charge >= 0.3 is 0 Å². The topological polar surface area (TPSA) is 20.3 Å². The number of likely N-dealkylation sites (tertiary alicyclic amines) is 1. The van der Waals surface area contributed by atoms with Gasteiger partial charge in [-0.2, -0.15) is 0 Å². The van der Waals surface area contributed by atoms with E-state index in [9.17, 15) is 4.79 Å². The molecule has 2 nitrogen and oxygen atoms in total. The number of hydrogen-bond acceptors (Lipinski definition) is 2. The number of rotatable bonds is 1. The van der Waals surface area contributed by atoms with Crippen LogP contribution >= 0.6 is 0 Å². The molecule has 0 N–H and O–H groups in total. The van der Waals surface area contributed by atoms with Crippen molar-refractivity contribution in [1.29, 1.82) is 0 Å². The minimum Gasteiger partial charge on any atom is -0.299 e. The third kappa shape index (κ3) is 1.23. The highest BCUT2D eigenvalue weighted by Crippen LogP contribution is 2.82. The third-order valence-corrected chi connectivity index (χ3v) is 10.6. The van der Waals surface area contributed by atoms with Crippen LogP contribution in [-0.4, -0.2) is 29.8 Å². The van der Waals surface area contributed by atoms with Gasteiger partial charge < -0.3 is 0 Å². The highest BCUT2D eigenvalue weighted by Gasteiger charge is 2.82. The van der Waals surface area contributed by atoms with Crippen LogP contribution in [-0.2, 0) is 4.79 Å². The van der Waals surface area contributed by atoms with Crippen molar-refractivity contribution in [2.24, 2.45) is 45.8 Å². The quantitative estimate of drug-likeness (QED) is 0.721. The summed E-state index contributed by atoms with van der Waals surface area (Å²) in [6, 6.07) is 0.749. The maximum absolute atomic E-state index is 13.6. The van der Waals surface area contributed by atoms with Crippen LogP contribution in [0.3, 0.4) is 0 Å². The van der Waals surface area contributed by atoms with E-state index >= 15 is 0 Å². The lowest BCUT2D eigenvalue weighted by atomic mass is 9.39. The monoisotopic (exact) mass is 327 g/mol. The molecule has 2 heteroatoms. The number of fused-ring (bicyclic) bond motifs is 2. The Balaban J connectivity index is 1.58. The lowest BCUT2D eigenvalue weighted by Gasteiger charge is -2.66. The number of ketones is 1. The van der Waals surface area contributed by atoms with Crippen molar-refractivity contribution in [3.05, 3.63) is 0 Å². The smallest absolute Gasteiger partial charge is 0.142 e. The van der Waals surface area contributed by atoms with E-state index in [4.69, 9.17) is 0 Å². The predicted octanol–water partition coefficient (Wildman–Crippen LogP) is 4.14. The maximum Gasteiger partial charge on any atom is 0.142 e. The summed E-state index contributed by atoms with van der Waals surface area (Å²) < 4.78 is 0. The summed E-state index contributed by atoms with van der Waals surface area (Å²) in [5.41, 5.74) is 1.15. The van der Waals surface area contributed by atoms with Gasteiger partial charge in [-0.05, 0) is 79.6 Å². The van der Waals surface area contributed by atoms with Gasteiger partial charge in [0.05, 0.1) is 0 Å². The van der Waals surface area contributed by atoms with E-state index in [-0.39, 0.29) is 5.41 Å². The number of carbonyl (C=O) groups is 1. The Hall–Kier alpha value is -0.370. The lowest BCUT2D eigenvalue weighted by molar-refractivity contribution is -0.185. The molecule has 7 fully saturated rings. The Morgan fingerprint density at radius 1 is 1.17 bits per heavy atom.